The molecule has 0 fully saturated rings. The van der Waals surface area contributed by atoms with Crippen molar-refractivity contribution in [2.75, 3.05) is 0 Å². The number of hydrogen-bond donors (Lipinski definition) is 5. The first-order valence-corrected chi connectivity index (χ1v) is 6.01. The van der Waals surface area contributed by atoms with E-state index < -0.39 is 12.9 Å². The SMILES string of the molecule is N#C[NH][Fe-7]([NH]C#N)([NH]C#N)([NH]C#N)[NH]C#N.[Na+].[Na+].[Na+].[Na+].[Na+].[Na+].[Na+]. The quantitative estimate of drug-likeness (QED) is 0.162. The van der Waals surface area contributed by atoms with Gasteiger partial charge in [-0.1, -0.05) is 0 Å². The predicted octanol–water partition coefficient (Wildman–Crippen LogP) is -23.4. The summed E-state index contributed by atoms with van der Waals surface area (Å²) in [7, 11) is 0. The molecular formula is C5H5FeN10Na7. The van der Waals surface area contributed by atoms with Gasteiger partial charge in [0.1, 0.15) is 0 Å². The summed E-state index contributed by atoms with van der Waals surface area (Å²) in [6.45, 7) is 0. The maximum Gasteiger partial charge on any atom is 1.00 e. The van der Waals surface area contributed by atoms with Crippen molar-refractivity contribution in [1.82, 2.24) is 21.7 Å². The van der Waals surface area contributed by atoms with Crippen LogP contribution in [0.2, 0.25) is 0 Å². The van der Waals surface area contributed by atoms with E-state index in [2.05, 4.69) is 0 Å². The van der Waals surface area contributed by atoms with Crippen LogP contribution in [0.1, 0.15) is 0 Å². The van der Waals surface area contributed by atoms with E-state index in [0.29, 0.717) is 0 Å². The van der Waals surface area contributed by atoms with Crippen molar-refractivity contribution < 1.29 is 220 Å². The van der Waals surface area contributed by atoms with Crippen LogP contribution in [-0.4, -0.2) is 0 Å². The summed E-state index contributed by atoms with van der Waals surface area (Å²) in [6, 6.07) is 0. The molecule has 0 radical (unpaired) electrons. The zero-order valence-corrected chi connectivity index (χ0v) is 29.7. The molecule has 0 aliphatic carbocycles. The maximum absolute atomic E-state index is 8.55. The molecule has 0 aromatic heterocycles. The molecule has 5 N–H and O–H groups in total. The smallest absolute Gasteiger partial charge is 1.00 e. The standard InChI is InChI=1S/5CHN2.Fe.7Na/c5*2-1-3;;;;;;;;/h5*2H;;;;;;;;/q5*-1;-2;7*+1. The second kappa shape index (κ2) is 28.2. The van der Waals surface area contributed by atoms with E-state index >= 15 is 0 Å². The van der Waals surface area contributed by atoms with Gasteiger partial charge in [-0.3, -0.25) is 0 Å². The van der Waals surface area contributed by atoms with Crippen molar-refractivity contribution in [2.24, 2.45) is 0 Å². The summed E-state index contributed by atoms with van der Waals surface area (Å²) in [5, 5.41) is 42.8. The number of hydrogen-bond acceptors (Lipinski definition) is 10. The van der Waals surface area contributed by atoms with E-state index in [-0.39, 0.29) is 207 Å². The maximum atomic E-state index is 8.55. The van der Waals surface area contributed by atoms with E-state index in [1.165, 1.54) is 31.0 Å². The van der Waals surface area contributed by atoms with Crippen LogP contribution in [0.3, 0.4) is 0 Å². The van der Waals surface area contributed by atoms with E-state index in [9.17, 15) is 0 Å². The van der Waals surface area contributed by atoms with Crippen LogP contribution >= 0.6 is 0 Å². The molecule has 0 rings (SSSR count). The normalized spacial score (nSPS) is 7.17. The molecule has 10 nitrogen and oxygen atoms in total. The van der Waals surface area contributed by atoms with Crippen molar-refractivity contribution >= 4 is 0 Å². The van der Waals surface area contributed by atoms with Gasteiger partial charge in [-0.2, -0.15) is 0 Å². The van der Waals surface area contributed by atoms with Crippen molar-refractivity contribution in [1.29, 1.82) is 26.3 Å². The van der Waals surface area contributed by atoms with Crippen molar-refractivity contribution in [2.45, 2.75) is 0 Å². The van der Waals surface area contributed by atoms with E-state index in [0.717, 1.165) is 0 Å². The summed E-state index contributed by atoms with van der Waals surface area (Å²) in [5.74, 6) is 0. The van der Waals surface area contributed by atoms with E-state index in [1.54, 1.807) is 0 Å². The largest absolute Gasteiger partial charge is 1.00 e. The molecule has 0 aliphatic heterocycles. The first-order valence-electron chi connectivity index (χ1n) is 3.25. The molecule has 0 saturated carbocycles. The topological polar surface area (TPSA) is 179 Å². The second-order valence-corrected chi connectivity index (χ2v) is 6.03. The number of rotatable bonds is 5. The minimum atomic E-state index is -4.52. The number of nitriles is 5. The van der Waals surface area contributed by atoms with Gasteiger partial charge in [0, 0.05) is 0 Å². The van der Waals surface area contributed by atoms with Gasteiger partial charge < -0.3 is 0 Å². The fraction of sp³-hybridized carbons (Fsp3) is 0. The average Bonchev–Trinajstić information content (AvgIpc) is 2.19. The molecule has 0 bridgehead atoms. The first kappa shape index (κ1) is 50.5. The van der Waals surface area contributed by atoms with Crippen LogP contribution in [0.4, 0.5) is 0 Å². The molecule has 0 aromatic rings. The van der Waals surface area contributed by atoms with E-state index in [1.807, 2.05) is 21.7 Å². The average molecular weight is 422 g/mol. The van der Waals surface area contributed by atoms with Gasteiger partial charge in [-0.05, 0) is 0 Å². The molecule has 90 valence electrons. The fourth-order valence-electron chi connectivity index (χ4n) is 0.616. The molecule has 0 saturated heterocycles. The molecule has 0 unspecified atom stereocenters. The summed E-state index contributed by atoms with van der Waals surface area (Å²) in [5.41, 5.74) is 0. The monoisotopic (exact) mass is 422 g/mol. The fourth-order valence-corrected chi connectivity index (χ4v) is 2.54. The molecule has 23 heavy (non-hydrogen) atoms. The van der Waals surface area contributed by atoms with Gasteiger partial charge in [0.2, 0.25) is 0 Å². The summed E-state index contributed by atoms with van der Waals surface area (Å²) in [6.07, 6.45) is 7.24. The Balaban J connectivity index is -0.0000000536. The van der Waals surface area contributed by atoms with Gasteiger partial charge in [-0.15, -0.1) is 0 Å². The Bertz CT molecular complexity index is 372. The van der Waals surface area contributed by atoms with Gasteiger partial charge in [-0.25, -0.2) is 0 Å². The Morgan fingerprint density at radius 1 is 0.391 bits per heavy atom. The second-order valence-electron chi connectivity index (χ2n) is 1.88. The van der Waals surface area contributed by atoms with Crippen LogP contribution in [0, 0.1) is 57.3 Å². The molecular weight excluding hydrogens is 417 g/mol. The van der Waals surface area contributed by atoms with Crippen LogP contribution < -0.4 is 229 Å². The summed E-state index contributed by atoms with van der Waals surface area (Å²) in [4.78, 5) is 0. The van der Waals surface area contributed by atoms with Gasteiger partial charge in [0.25, 0.3) is 0 Å². The zero-order chi connectivity index (χ0) is 12.5. The molecule has 0 atom stereocenters. The Hall–Kier alpha value is 3.97. The third kappa shape index (κ3) is 17.8. The van der Waals surface area contributed by atoms with E-state index in [4.69, 9.17) is 26.3 Å². The number of nitrogens with zero attached hydrogens (tertiary/aromatic N) is 5. The van der Waals surface area contributed by atoms with Crippen molar-refractivity contribution in [3.05, 3.63) is 0 Å². The minimum absolute atomic E-state index is 0. The Labute approximate surface area is 291 Å². The first-order chi connectivity index (χ1) is 7.62. The van der Waals surface area contributed by atoms with Gasteiger partial charge in [0.05, 0.1) is 0 Å². The number of nitrogens with one attached hydrogen (secondary N) is 5. The molecule has 0 spiro atoms. The molecule has 0 amide bonds. The molecule has 0 heterocycles. The Morgan fingerprint density at radius 3 is 0.609 bits per heavy atom. The summed E-state index contributed by atoms with van der Waals surface area (Å²) >= 11 is -4.52. The minimum Gasteiger partial charge on any atom is 1.00 e. The van der Waals surface area contributed by atoms with Gasteiger partial charge in [0.15, 0.2) is 0 Å². The molecule has 18 heteroatoms. The van der Waals surface area contributed by atoms with Crippen LogP contribution in [0.15, 0.2) is 0 Å². The van der Waals surface area contributed by atoms with Gasteiger partial charge >= 0.3 is 299 Å². The van der Waals surface area contributed by atoms with Crippen LogP contribution in [0.25, 0.3) is 0 Å². The molecule has 0 aliphatic rings. The van der Waals surface area contributed by atoms with Crippen LogP contribution in [0.5, 0.6) is 0 Å². The predicted molar refractivity (Wildman–Crippen MR) is 43.7 cm³/mol. The van der Waals surface area contributed by atoms with Crippen LogP contribution in [-0.2, 0) is 12.9 Å². The third-order valence-electron chi connectivity index (χ3n) is 1.08. The molecule has 0 aromatic carbocycles. The third-order valence-corrected chi connectivity index (χ3v) is 4.46. The zero-order valence-electron chi connectivity index (χ0n) is 14.6. The van der Waals surface area contributed by atoms with Crippen molar-refractivity contribution in [3.8, 4) is 31.0 Å². The summed E-state index contributed by atoms with van der Waals surface area (Å²) < 4.78 is 10.1. The Morgan fingerprint density at radius 2 is 0.522 bits per heavy atom. The van der Waals surface area contributed by atoms with Crippen molar-refractivity contribution in [3.63, 3.8) is 0 Å². The Kier molecular flexibility index (Phi) is 61.9.